The normalized spacial score (nSPS) is 13.4. The van der Waals surface area contributed by atoms with Crippen LogP contribution < -0.4 is 20.3 Å². The van der Waals surface area contributed by atoms with Crippen LogP contribution in [0.2, 0.25) is 0 Å². The van der Waals surface area contributed by atoms with Crippen molar-refractivity contribution in [3.63, 3.8) is 0 Å². The maximum absolute atomic E-state index is 12.7. The van der Waals surface area contributed by atoms with Crippen molar-refractivity contribution in [3.05, 3.63) is 68.8 Å². The molecule has 10 heteroatoms. The fourth-order valence-corrected chi connectivity index (χ4v) is 5.22. The molecule has 2 aromatic carbocycles. The molecule has 10 nitrogen and oxygen atoms in total. The predicted octanol–water partition coefficient (Wildman–Crippen LogP) is 6.82. The third kappa shape index (κ3) is 4.35. The average Bonchev–Trinajstić information content (AvgIpc) is 3.61. The molecular formula is C31H28O10. The molecule has 0 fully saturated rings. The Morgan fingerprint density at radius 2 is 1.24 bits per heavy atom. The number of aryl methyl sites for hydroxylation is 2. The molecule has 212 valence electrons. The third-order valence-electron chi connectivity index (χ3n) is 7.24. The van der Waals surface area contributed by atoms with Crippen LogP contribution in [0.4, 0.5) is 0 Å². The Bertz CT molecular complexity index is 2060. The van der Waals surface area contributed by atoms with Gasteiger partial charge < -0.3 is 37.4 Å². The first-order valence-corrected chi connectivity index (χ1v) is 13.3. The van der Waals surface area contributed by atoms with Gasteiger partial charge in [0.2, 0.25) is 11.5 Å². The van der Waals surface area contributed by atoms with E-state index >= 15 is 0 Å². The number of aromatic hydroxyl groups is 2. The van der Waals surface area contributed by atoms with E-state index in [0.29, 0.717) is 41.6 Å². The Hall–Kier alpha value is -4.86. The maximum Gasteiger partial charge on any atom is 0.206 e. The van der Waals surface area contributed by atoms with Crippen LogP contribution in [0.15, 0.2) is 64.0 Å². The van der Waals surface area contributed by atoms with Crippen LogP contribution >= 0.6 is 0 Å². The van der Waals surface area contributed by atoms with Crippen molar-refractivity contribution in [2.45, 2.75) is 59.2 Å². The summed E-state index contributed by atoms with van der Waals surface area (Å²) < 4.78 is 35.6. The zero-order valence-corrected chi connectivity index (χ0v) is 22.9. The van der Waals surface area contributed by atoms with Crippen LogP contribution in [0.25, 0.3) is 43.9 Å². The molecule has 0 aliphatic carbocycles. The topological polar surface area (TPSA) is 146 Å². The van der Waals surface area contributed by atoms with Crippen LogP contribution in [0.3, 0.4) is 0 Å². The van der Waals surface area contributed by atoms with E-state index in [9.17, 15) is 19.8 Å². The van der Waals surface area contributed by atoms with Crippen LogP contribution in [0.5, 0.6) is 23.0 Å². The standard InChI is InChI=1S/C31H28O10/c1-5-17(41-31-27-19(9-11-37-27)25(35)23-21(33)13-16(4)40-29(23)31)7-6-14(2)38-30-26-18(8-10-36-26)24(34)22-20(32)12-15(3)39-28(22)30/h8-14,17,34-35H,5-7H2,1-4H3. The second-order valence-electron chi connectivity index (χ2n) is 10.2. The van der Waals surface area contributed by atoms with Crippen molar-refractivity contribution in [2.24, 2.45) is 0 Å². The predicted molar refractivity (Wildman–Crippen MR) is 151 cm³/mol. The van der Waals surface area contributed by atoms with Crippen molar-refractivity contribution in [2.75, 3.05) is 0 Å². The first-order chi connectivity index (χ1) is 19.7. The lowest BCUT2D eigenvalue weighted by Gasteiger charge is -2.21. The van der Waals surface area contributed by atoms with Crippen molar-refractivity contribution in [1.29, 1.82) is 0 Å². The Morgan fingerprint density at radius 1 is 0.756 bits per heavy atom. The van der Waals surface area contributed by atoms with E-state index in [1.165, 1.54) is 24.7 Å². The van der Waals surface area contributed by atoms with Crippen LogP contribution in [0, 0.1) is 13.8 Å². The minimum atomic E-state index is -0.381. The highest BCUT2D eigenvalue weighted by molar-refractivity contribution is 6.07. The largest absolute Gasteiger partial charge is 0.506 e. The molecule has 4 heterocycles. The molecule has 0 saturated heterocycles. The molecule has 0 bridgehead atoms. The second kappa shape index (κ2) is 9.96. The Morgan fingerprint density at radius 3 is 1.73 bits per heavy atom. The molecule has 0 aliphatic heterocycles. The number of ether oxygens (including phenoxy) is 2. The minimum Gasteiger partial charge on any atom is -0.506 e. The number of furan rings is 2. The molecule has 6 aromatic rings. The van der Waals surface area contributed by atoms with Gasteiger partial charge in [0.15, 0.2) is 33.2 Å². The van der Waals surface area contributed by atoms with Crippen LogP contribution in [-0.4, -0.2) is 22.4 Å². The number of rotatable bonds is 8. The lowest BCUT2D eigenvalue weighted by Crippen LogP contribution is -2.21. The zero-order chi connectivity index (χ0) is 29.0. The van der Waals surface area contributed by atoms with Crippen LogP contribution in [0.1, 0.15) is 44.6 Å². The second-order valence-corrected chi connectivity index (χ2v) is 10.2. The molecule has 41 heavy (non-hydrogen) atoms. The van der Waals surface area contributed by atoms with Gasteiger partial charge in [-0.05, 0) is 52.2 Å². The summed E-state index contributed by atoms with van der Waals surface area (Å²) in [5.74, 6) is 0.797. The van der Waals surface area contributed by atoms with Crippen LogP contribution in [-0.2, 0) is 0 Å². The summed E-state index contributed by atoms with van der Waals surface area (Å²) in [5, 5.41) is 22.2. The maximum atomic E-state index is 12.7. The quantitative estimate of drug-likeness (QED) is 0.203. The molecule has 0 saturated carbocycles. The Kier molecular flexibility index (Phi) is 6.40. The van der Waals surface area contributed by atoms with Crippen molar-refractivity contribution >= 4 is 43.9 Å². The summed E-state index contributed by atoms with van der Waals surface area (Å²) in [4.78, 5) is 25.4. The first kappa shape index (κ1) is 26.4. The highest BCUT2D eigenvalue weighted by atomic mass is 16.5. The van der Waals surface area contributed by atoms with E-state index in [-0.39, 0.29) is 79.2 Å². The highest BCUT2D eigenvalue weighted by Crippen LogP contribution is 2.44. The summed E-state index contributed by atoms with van der Waals surface area (Å²) in [6.45, 7) is 7.14. The Labute approximate surface area is 232 Å². The van der Waals surface area contributed by atoms with Gasteiger partial charge in [-0.25, -0.2) is 0 Å². The molecule has 0 spiro atoms. The van der Waals surface area contributed by atoms with Crippen molar-refractivity contribution < 1.29 is 37.4 Å². The number of hydrogen-bond donors (Lipinski definition) is 2. The first-order valence-electron chi connectivity index (χ1n) is 13.3. The molecule has 6 rings (SSSR count). The fourth-order valence-electron chi connectivity index (χ4n) is 5.22. The van der Waals surface area contributed by atoms with E-state index < -0.39 is 0 Å². The third-order valence-corrected chi connectivity index (χ3v) is 7.24. The van der Waals surface area contributed by atoms with Gasteiger partial charge in [-0.2, -0.15) is 0 Å². The number of phenols is 2. The minimum absolute atomic E-state index is 0.0277. The molecular weight excluding hydrogens is 532 g/mol. The molecule has 0 radical (unpaired) electrons. The smallest absolute Gasteiger partial charge is 0.206 e. The molecule has 2 N–H and O–H groups in total. The lowest BCUT2D eigenvalue weighted by molar-refractivity contribution is 0.148. The van der Waals surface area contributed by atoms with E-state index in [4.69, 9.17) is 27.1 Å². The highest BCUT2D eigenvalue weighted by Gasteiger charge is 2.26. The number of fused-ring (bicyclic) bond motifs is 4. The Balaban J connectivity index is 1.30. The average molecular weight is 561 g/mol. The zero-order valence-electron chi connectivity index (χ0n) is 22.9. The summed E-state index contributed by atoms with van der Waals surface area (Å²) >= 11 is 0. The van der Waals surface area contributed by atoms with Gasteiger partial charge in [0.1, 0.15) is 33.8 Å². The van der Waals surface area contributed by atoms with E-state index in [0.717, 1.165) is 0 Å². The number of hydrogen-bond acceptors (Lipinski definition) is 10. The van der Waals surface area contributed by atoms with E-state index in [1.54, 1.807) is 26.0 Å². The SMILES string of the molecule is CCC(CCC(C)Oc1c2occc2c(O)c2c(=O)cc(C)oc12)Oc1c2occc2c(O)c2c(=O)cc(C)oc12. The van der Waals surface area contributed by atoms with E-state index in [2.05, 4.69) is 0 Å². The summed E-state index contributed by atoms with van der Waals surface area (Å²) in [6, 6.07) is 5.78. The lowest BCUT2D eigenvalue weighted by atomic mass is 10.1. The van der Waals surface area contributed by atoms with Gasteiger partial charge in [0.25, 0.3) is 0 Å². The van der Waals surface area contributed by atoms with Gasteiger partial charge in [-0.3, -0.25) is 9.59 Å². The molecule has 2 atom stereocenters. The van der Waals surface area contributed by atoms with Gasteiger partial charge in [0.05, 0.1) is 35.5 Å². The molecule has 4 aromatic heterocycles. The molecule has 2 unspecified atom stereocenters. The van der Waals surface area contributed by atoms with Gasteiger partial charge >= 0.3 is 0 Å². The number of benzene rings is 2. The molecule has 0 aliphatic rings. The fraction of sp³-hybridized carbons (Fsp3) is 0.290. The van der Waals surface area contributed by atoms with Crippen molar-refractivity contribution in [1.82, 2.24) is 0 Å². The molecule has 0 amide bonds. The summed E-state index contributed by atoms with van der Waals surface area (Å²) in [7, 11) is 0. The summed E-state index contributed by atoms with van der Waals surface area (Å²) in [6.07, 6.45) is 3.82. The monoisotopic (exact) mass is 560 g/mol. The number of phenolic OH excluding ortho intramolecular Hbond substituents is 2. The van der Waals surface area contributed by atoms with E-state index in [1.807, 2.05) is 13.8 Å². The summed E-state index contributed by atoms with van der Waals surface area (Å²) in [5.41, 5.74) is 0.0444. The van der Waals surface area contributed by atoms with Gasteiger partial charge in [0, 0.05) is 12.1 Å². The van der Waals surface area contributed by atoms with Gasteiger partial charge in [-0.15, -0.1) is 0 Å². The van der Waals surface area contributed by atoms with Crippen molar-refractivity contribution in [3.8, 4) is 23.0 Å². The van der Waals surface area contributed by atoms with Gasteiger partial charge in [-0.1, -0.05) is 6.92 Å².